The standard InChI is InChI=1S/C16H21N3OS/c1-12(18-9-5-2-6-10-18)11-19-15(20)13-7-3-4-8-14(13)17-16(19)21/h3-4,7-8,12H,2,5-6,9-11H2,1H3,(H,17,21). The van der Waals surface area contributed by atoms with Crippen LogP contribution in [-0.2, 0) is 6.54 Å². The van der Waals surface area contributed by atoms with Crippen LogP contribution in [0.2, 0.25) is 0 Å². The molecule has 0 radical (unpaired) electrons. The smallest absolute Gasteiger partial charge is 0.262 e. The molecule has 0 spiro atoms. The van der Waals surface area contributed by atoms with Crippen molar-refractivity contribution >= 4 is 23.1 Å². The van der Waals surface area contributed by atoms with Crippen LogP contribution in [0.3, 0.4) is 0 Å². The van der Waals surface area contributed by atoms with Gasteiger partial charge >= 0.3 is 0 Å². The fourth-order valence-electron chi connectivity index (χ4n) is 3.10. The predicted molar refractivity (Wildman–Crippen MR) is 88.3 cm³/mol. The van der Waals surface area contributed by atoms with Crippen LogP contribution >= 0.6 is 12.2 Å². The number of nitrogens with zero attached hydrogens (tertiary/aromatic N) is 2. The summed E-state index contributed by atoms with van der Waals surface area (Å²) in [7, 11) is 0. The number of para-hydroxylation sites is 1. The van der Waals surface area contributed by atoms with Gasteiger partial charge in [-0.3, -0.25) is 14.3 Å². The van der Waals surface area contributed by atoms with E-state index in [4.69, 9.17) is 12.2 Å². The number of benzene rings is 1. The largest absolute Gasteiger partial charge is 0.332 e. The van der Waals surface area contributed by atoms with Gasteiger partial charge in [0.1, 0.15) is 0 Å². The van der Waals surface area contributed by atoms with Crippen LogP contribution in [0.5, 0.6) is 0 Å². The topological polar surface area (TPSA) is 41.0 Å². The van der Waals surface area contributed by atoms with Crippen LogP contribution in [0, 0.1) is 4.77 Å². The molecule has 0 saturated carbocycles. The SMILES string of the molecule is CC(Cn1c(=S)[nH]c2ccccc2c1=O)N1CCCCC1. The molecular weight excluding hydrogens is 282 g/mol. The molecule has 2 aromatic rings. The molecule has 21 heavy (non-hydrogen) atoms. The van der Waals surface area contributed by atoms with Gasteiger partial charge in [0.05, 0.1) is 10.9 Å². The molecule has 0 bridgehead atoms. The van der Waals surface area contributed by atoms with Gasteiger partial charge in [-0.15, -0.1) is 0 Å². The van der Waals surface area contributed by atoms with E-state index in [1.807, 2.05) is 24.3 Å². The Morgan fingerprint density at radius 2 is 1.95 bits per heavy atom. The lowest BCUT2D eigenvalue weighted by molar-refractivity contribution is 0.158. The maximum absolute atomic E-state index is 12.6. The summed E-state index contributed by atoms with van der Waals surface area (Å²) in [6.07, 6.45) is 3.83. The Balaban J connectivity index is 1.93. The van der Waals surface area contributed by atoms with E-state index in [0.29, 0.717) is 22.7 Å². The molecule has 1 saturated heterocycles. The first-order valence-corrected chi connectivity index (χ1v) is 8.03. The highest BCUT2D eigenvalue weighted by molar-refractivity contribution is 7.71. The summed E-state index contributed by atoms with van der Waals surface area (Å²) in [5.74, 6) is 0. The van der Waals surface area contributed by atoms with Gasteiger partial charge in [-0.05, 0) is 57.2 Å². The maximum Gasteiger partial charge on any atom is 0.262 e. The number of rotatable bonds is 3. The third kappa shape index (κ3) is 2.94. The second-order valence-electron chi connectivity index (χ2n) is 5.84. The normalized spacial score (nSPS) is 18.0. The van der Waals surface area contributed by atoms with E-state index in [0.717, 1.165) is 18.6 Å². The summed E-state index contributed by atoms with van der Waals surface area (Å²) in [6.45, 7) is 5.08. The minimum atomic E-state index is 0.0122. The van der Waals surface area contributed by atoms with Crippen LogP contribution in [0.15, 0.2) is 29.1 Å². The Bertz CT molecular complexity index is 743. The zero-order valence-electron chi connectivity index (χ0n) is 12.3. The first kappa shape index (κ1) is 14.5. The lowest BCUT2D eigenvalue weighted by Crippen LogP contribution is -2.41. The molecule has 1 atom stereocenters. The van der Waals surface area contributed by atoms with Crippen molar-refractivity contribution in [2.75, 3.05) is 13.1 Å². The number of fused-ring (bicyclic) bond motifs is 1. The van der Waals surface area contributed by atoms with Crippen LogP contribution in [0.1, 0.15) is 26.2 Å². The summed E-state index contributed by atoms with van der Waals surface area (Å²) in [5, 5.41) is 0.706. The van der Waals surface area contributed by atoms with Crippen molar-refractivity contribution in [2.24, 2.45) is 0 Å². The number of hydrogen-bond acceptors (Lipinski definition) is 3. The average molecular weight is 303 g/mol. The number of likely N-dealkylation sites (tertiary alicyclic amines) is 1. The summed E-state index contributed by atoms with van der Waals surface area (Å²) in [5.41, 5.74) is 0.826. The number of piperidine rings is 1. The second-order valence-corrected chi connectivity index (χ2v) is 6.22. The molecule has 1 fully saturated rings. The van der Waals surface area contributed by atoms with Gasteiger partial charge in [-0.1, -0.05) is 18.6 Å². The Kier molecular flexibility index (Phi) is 4.22. The highest BCUT2D eigenvalue weighted by atomic mass is 32.1. The van der Waals surface area contributed by atoms with Gasteiger partial charge in [0, 0.05) is 12.6 Å². The monoisotopic (exact) mass is 303 g/mol. The van der Waals surface area contributed by atoms with Crippen LogP contribution in [0.25, 0.3) is 10.9 Å². The summed E-state index contributed by atoms with van der Waals surface area (Å²) >= 11 is 5.38. The molecule has 5 heteroatoms. The number of aromatic amines is 1. The third-order valence-corrected chi connectivity index (χ3v) is 4.67. The van der Waals surface area contributed by atoms with Gasteiger partial charge in [0.25, 0.3) is 5.56 Å². The first-order chi connectivity index (χ1) is 10.2. The van der Waals surface area contributed by atoms with Crippen molar-refractivity contribution in [3.05, 3.63) is 39.4 Å². The molecule has 3 rings (SSSR count). The van der Waals surface area contributed by atoms with Crippen LogP contribution in [-0.4, -0.2) is 33.6 Å². The molecule has 112 valence electrons. The van der Waals surface area contributed by atoms with Gasteiger partial charge in [0.15, 0.2) is 4.77 Å². The van der Waals surface area contributed by atoms with Gasteiger partial charge in [0.2, 0.25) is 0 Å². The summed E-state index contributed by atoms with van der Waals surface area (Å²) in [6, 6.07) is 7.88. The zero-order valence-corrected chi connectivity index (χ0v) is 13.2. The Morgan fingerprint density at radius 1 is 1.24 bits per heavy atom. The minimum Gasteiger partial charge on any atom is -0.332 e. The maximum atomic E-state index is 12.6. The molecule has 1 N–H and O–H groups in total. The van der Waals surface area contributed by atoms with Crippen LogP contribution in [0.4, 0.5) is 0 Å². The number of nitrogens with one attached hydrogen (secondary N) is 1. The lowest BCUT2D eigenvalue weighted by Gasteiger charge is -2.32. The van der Waals surface area contributed by atoms with Crippen molar-refractivity contribution in [2.45, 2.75) is 38.8 Å². The van der Waals surface area contributed by atoms with E-state index in [1.165, 1.54) is 19.3 Å². The van der Waals surface area contributed by atoms with Crippen molar-refractivity contribution in [3.63, 3.8) is 0 Å². The molecule has 1 aliphatic heterocycles. The van der Waals surface area contributed by atoms with Crippen molar-refractivity contribution in [1.29, 1.82) is 0 Å². The number of H-pyrrole nitrogens is 1. The van der Waals surface area contributed by atoms with Gasteiger partial charge in [-0.25, -0.2) is 0 Å². The van der Waals surface area contributed by atoms with E-state index < -0.39 is 0 Å². The quantitative estimate of drug-likeness (QED) is 0.886. The van der Waals surface area contributed by atoms with E-state index in [2.05, 4.69) is 16.8 Å². The molecule has 1 unspecified atom stereocenters. The third-order valence-electron chi connectivity index (χ3n) is 4.35. The fourth-order valence-corrected chi connectivity index (χ4v) is 3.37. The molecule has 2 heterocycles. The average Bonchev–Trinajstić information content (AvgIpc) is 2.52. The highest BCUT2D eigenvalue weighted by Gasteiger charge is 2.18. The van der Waals surface area contributed by atoms with Gasteiger partial charge < -0.3 is 4.98 Å². The molecule has 0 aliphatic carbocycles. The molecule has 1 aliphatic rings. The molecule has 4 nitrogen and oxygen atoms in total. The first-order valence-electron chi connectivity index (χ1n) is 7.63. The summed E-state index contributed by atoms with van der Waals surface area (Å²) in [4.78, 5) is 18.3. The predicted octanol–water partition coefficient (Wildman–Crippen LogP) is 2.93. The molecule has 0 amide bonds. The Labute approximate surface area is 129 Å². The number of hydrogen-bond donors (Lipinski definition) is 1. The summed E-state index contributed by atoms with van der Waals surface area (Å²) < 4.78 is 2.22. The van der Waals surface area contributed by atoms with E-state index in [1.54, 1.807) is 4.57 Å². The van der Waals surface area contributed by atoms with Gasteiger partial charge in [-0.2, -0.15) is 0 Å². The number of aromatic nitrogens is 2. The molecular formula is C16H21N3OS. The Morgan fingerprint density at radius 3 is 2.71 bits per heavy atom. The van der Waals surface area contributed by atoms with E-state index in [-0.39, 0.29) is 5.56 Å². The second kappa shape index (κ2) is 6.12. The van der Waals surface area contributed by atoms with E-state index >= 15 is 0 Å². The van der Waals surface area contributed by atoms with Crippen molar-refractivity contribution in [3.8, 4) is 0 Å². The Hall–Kier alpha value is -1.46. The highest BCUT2D eigenvalue weighted by Crippen LogP contribution is 2.13. The lowest BCUT2D eigenvalue weighted by atomic mass is 10.1. The molecule has 1 aromatic heterocycles. The molecule has 1 aromatic carbocycles. The van der Waals surface area contributed by atoms with E-state index in [9.17, 15) is 4.79 Å². The van der Waals surface area contributed by atoms with Crippen molar-refractivity contribution in [1.82, 2.24) is 14.5 Å². The fraction of sp³-hybridized carbons (Fsp3) is 0.500. The zero-order chi connectivity index (χ0) is 14.8. The minimum absolute atomic E-state index is 0.0122. The van der Waals surface area contributed by atoms with Crippen LogP contribution < -0.4 is 5.56 Å². The van der Waals surface area contributed by atoms with Crippen molar-refractivity contribution < 1.29 is 0 Å².